The van der Waals surface area contributed by atoms with Crippen molar-refractivity contribution in [2.24, 2.45) is 11.8 Å². The van der Waals surface area contributed by atoms with Gasteiger partial charge < -0.3 is 15.7 Å². The molecule has 0 saturated carbocycles. The van der Waals surface area contributed by atoms with Crippen molar-refractivity contribution >= 4 is 23.8 Å². The molecule has 1 fully saturated rings. The predicted molar refractivity (Wildman–Crippen MR) is 77.5 cm³/mol. The van der Waals surface area contributed by atoms with Crippen LogP contribution in [-0.4, -0.2) is 40.7 Å². The number of aliphatic carboxylic acids is 1. The lowest BCUT2D eigenvalue weighted by Gasteiger charge is -2.23. The van der Waals surface area contributed by atoms with Gasteiger partial charge in [0.05, 0.1) is 5.92 Å². The third-order valence-corrected chi connectivity index (χ3v) is 5.07. The summed E-state index contributed by atoms with van der Waals surface area (Å²) in [5.41, 5.74) is 0. The van der Waals surface area contributed by atoms with E-state index in [1.54, 1.807) is 0 Å². The summed E-state index contributed by atoms with van der Waals surface area (Å²) < 4.78 is 0.127. The summed E-state index contributed by atoms with van der Waals surface area (Å²) in [7, 11) is 0. The standard InChI is InChI=1S/C13H24N2O3S/c1-9(2)10(11(16)17)7-14-12(18)15-8-13(3)5-4-6-19-13/h9-10H,4-8H2,1-3H3,(H,16,17)(H2,14,15,18). The van der Waals surface area contributed by atoms with Crippen molar-refractivity contribution in [3.8, 4) is 0 Å². The van der Waals surface area contributed by atoms with Crippen LogP contribution in [-0.2, 0) is 4.79 Å². The summed E-state index contributed by atoms with van der Waals surface area (Å²) in [6.07, 6.45) is 2.31. The molecule has 1 heterocycles. The molecule has 3 N–H and O–H groups in total. The van der Waals surface area contributed by atoms with Crippen molar-refractivity contribution in [3.63, 3.8) is 0 Å². The van der Waals surface area contributed by atoms with Gasteiger partial charge in [-0.3, -0.25) is 4.79 Å². The molecule has 19 heavy (non-hydrogen) atoms. The molecular weight excluding hydrogens is 264 g/mol. The molecule has 1 aliphatic rings. The molecule has 1 rings (SSSR count). The number of carboxylic acids is 1. The van der Waals surface area contributed by atoms with Crippen LogP contribution < -0.4 is 10.6 Å². The Balaban J connectivity index is 2.29. The van der Waals surface area contributed by atoms with Crippen LogP contribution in [0.2, 0.25) is 0 Å². The van der Waals surface area contributed by atoms with Gasteiger partial charge >= 0.3 is 12.0 Å². The Hall–Kier alpha value is -0.910. The van der Waals surface area contributed by atoms with Gasteiger partial charge in [-0.2, -0.15) is 11.8 Å². The monoisotopic (exact) mass is 288 g/mol. The van der Waals surface area contributed by atoms with E-state index in [-0.39, 0.29) is 23.2 Å². The number of urea groups is 1. The van der Waals surface area contributed by atoms with E-state index in [1.165, 1.54) is 6.42 Å². The third kappa shape index (κ3) is 5.30. The number of amides is 2. The number of carboxylic acid groups (broad SMARTS) is 1. The van der Waals surface area contributed by atoms with Crippen molar-refractivity contribution in [1.29, 1.82) is 0 Å². The minimum atomic E-state index is -0.867. The molecule has 1 saturated heterocycles. The average Bonchev–Trinajstić information content (AvgIpc) is 2.73. The lowest BCUT2D eigenvalue weighted by Crippen LogP contribution is -2.45. The first-order valence-corrected chi connectivity index (χ1v) is 7.71. The Kier molecular flexibility index (Phi) is 5.97. The molecule has 2 amide bonds. The zero-order chi connectivity index (χ0) is 14.5. The second-order valence-electron chi connectivity index (χ2n) is 5.65. The van der Waals surface area contributed by atoms with Crippen LogP contribution in [0.1, 0.15) is 33.6 Å². The number of rotatable bonds is 6. The van der Waals surface area contributed by atoms with Crippen LogP contribution in [0.4, 0.5) is 4.79 Å². The Labute approximate surface area is 118 Å². The van der Waals surface area contributed by atoms with Gasteiger partial charge in [-0.15, -0.1) is 0 Å². The molecule has 1 aliphatic heterocycles. The first-order valence-electron chi connectivity index (χ1n) is 6.72. The summed E-state index contributed by atoms with van der Waals surface area (Å²) in [5, 5.41) is 14.5. The zero-order valence-electron chi connectivity index (χ0n) is 11.9. The van der Waals surface area contributed by atoms with Gasteiger partial charge in [0.25, 0.3) is 0 Å². The molecule has 2 unspecified atom stereocenters. The molecule has 110 valence electrons. The van der Waals surface area contributed by atoms with E-state index in [0.717, 1.165) is 12.2 Å². The SMILES string of the molecule is CC(C)C(CNC(=O)NCC1(C)CCCS1)C(=O)O. The normalized spacial score (nSPS) is 24.2. The first-order chi connectivity index (χ1) is 8.84. The van der Waals surface area contributed by atoms with Gasteiger partial charge in [0, 0.05) is 17.8 Å². The maximum Gasteiger partial charge on any atom is 0.314 e. The highest BCUT2D eigenvalue weighted by molar-refractivity contribution is 8.00. The van der Waals surface area contributed by atoms with Crippen molar-refractivity contribution in [3.05, 3.63) is 0 Å². The van der Waals surface area contributed by atoms with Crippen LogP contribution in [0.15, 0.2) is 0 Å². The van der Waals surface area contributed by atoms with Gasteiger partial charge in [-0.05, 0) is 31.4 Å². The molecule has 0 aromatic rings. The van der Waals surface area contributed by atoms with Crippen molar-refractivity contribution in [2.75, 3.05) is 18.8 Å². The molecule has 0 aliphatic carbocycles. The van der Waals surface area contributed by atoms with E-state index >= 15 is 0 Å². The Morgan fingerprint density at radius 1 is 1.37 bits per heavy atom. The molecule has 0 spiro atoms. The minimum absolute atomic E-state index is 0.000653. The first kappa shape index (κ1) is 16.1. The highest BCUT2D eigenvalue weighted by Crippen LogP contribution is 2.36. The fraction of sp³-hybridized carbons (Fsp3) is 0.846. The molecule has 0 radical (unpaired) electrons. The van der Waals surface area contributed by atoms with Crippen molar-refractivity contribution in [1.82, 2.24) is 10.6 Å². The van der Waals surface area contributed by atoms with Crippen LogP contribution in [0.3, 0.4) is 0 Å². The number of hydrogen-bond donors (Lipinski definition) is 3. The second kappa shape index (κ2) is 7.03. The smallest absolute Gasteiger partial charge is 0.314 e. The minimum Gasteiger partial charge on any atom is -0.481 e. The fourth-order valence-electron chi connectivity index (χ4n) is 2.12. The maximum absolute atomic E-state index is 11.7. The summed E-state index contributed by atoms with van der Waals surface area (Å²) in [4.78, 5) is 22.7. The van der Waals surface area contributed by atoms with Gasteiger partial charge in [0.15, 0.2) is 0 Å². The number of thioether (sulfide) groups is 1. The lowest BCUT2D eigenvalue weighted by atomic mass is 9.96. The quantitative estimate of drug-likeness (QED) is 0.698. The topological polar surface area (TPSA) is 78.4 Å². The van der Waals surface area contributed by atoms with Gasteiger partial charge in [0.2, 0.25) is 0 Å². The van der Waals surface area contributed by atoms with Crippen molar-refractivity contribution < 1.29 is 14.7 Å². The number of hydrogen-bond acceptors (Lipinski definition) is 3. The van der Waals surface area contributed by atoms with Crippen LogP contribution >= 0.6 is 11.8 Å². The van der Waals surface area contributed by atoms with E-state index in [0.29, 0.717) is 6.54 Å². The summed E-state index contributed by atoms with van der Waals surface area (Å²) >= 11 is 1.88. The highest BCUT2D eigenvalue weighted by Gasteiger charge is 2.30. The summed E-state index contributed by atoms with van der Waals surface area (Å²) in [6, 6.07) is -0.277. The van der Waals surface area contributed by atoms with Crippen LogP contribution in [0, 0.1) is 11.8 Å². The highest BCUT2D eigenvalue weighted by atomic mass is 32.2. The average molecular weight is 288 g/mol. The largest absolute Gasteiger partial charge is 0.481 e. The molecule has 5 nitrogen and oxygen atoms in total. The maximum atomic E-state index is 11.7. The van der Waals surface area contributed by atoms with Crippen LogP contribution in [0.5, 0.6) is 0 Å². The van der Waals surface area contributed by atoms with E-state index in [1.807, 2.05) is 25.6 Å². The number of nitrogens with one attached hydrogen (secondary N) is 2. The zero-order valence-corrected chi connectivity index (χ0v) is 12.7. The fourth-order valence-corrected chi connectivity index (χ4v) is 3.36. The van der Waals surface area contributed by atoms with Crippen LogP contribution in [0.25, 0.3) is 0 Å². The van der Waals surface area contributed by atoms with Gasteiger partial charge in [0.1, 0.15) is 0 Å². The Morgan fingerprint density at radius 2 is 2.05 bits per heavy atom. The second-order valence-corrected chi connectivity index (χ2v) is 7.34. The van der Waals surface area contributed by atoms with Gasteiger partial charge in [-0.25, -0.2) is 4.79 Å². The predicted octanol–water partition coefficient (Wildman–Crippen LogP) is 1.93. The molecule has 6 heteroatoms. The number of carbonyl (C=O) groups excluding carboxylic acids is 1. The third-order valence-electron chi connectivity index (χ3n) is 3.53. The Morgan fingerprint density at radius 3 is 2.53 bits per heavy atom. The molecular formula is C13H24N2O3S. The number of carbonyl (C=O) groups is 2. The lowest BCUT2D eigenvalue weighted by molar-refractivity contribution is -0.142. The summed E-state index contributed by atoms with van der Waals surface area (Å²) in [6.45, 7) is 6.63. The molecule has 0 aromatic carbocycles. The van der Waals surface area contributed by atoms with E-state index in [4.69, 9.17) is 5.11 Å². The Bertz CT molecular complexity index is 328. The van der Waals surface area contributed by atoms with Crippen molar-refractivity contribution in [2.45, 2.75) is 38.4 Å². The molecule has 2 atom stereocenters. The molecule has 0 bridgehead atoms. The molecule has 0 aromatic heterocycles. The van der Waals surface area contributed by atoms with E-state index < -0.39 is 11.9 Å². The van der Waals surface area contributed by atoms with E-state index in [9.17, 15) is 9.59 Å². The van der Waals surface area contributed by atoms with Gasteiger partial charge in [-0.1, -0.05) is 13.8 Å². The summed E-state index contributed by atoms with van der Waals surface area (Å²) in [5.74, 6) is -0.259. The van der Waals surface area contributed by atoms with E-state index in [2.05, 4.69) is 17.6 Å².